The number of ether oxygens (including phenoxy) is 2. The Bertz CT molecular complexity index is 885. The summed E-state index contributed by atoms with van der Waals surface area (Å²) in [6.45, 7) is 0.145. The minimum Gasteiger partial charge on any atom is -0.492 e. The summed E-state index contributed by atoms with van der Waals surface area (Å²) in [4.78, 5) is 16.5. The zero-order valence-electron chi connectivity index (χ0n) is 14.5. The van der Waals surface area contributed by atoms with E-state index in [9.17, 15) is 10.0 Å². The molecule has 1 aromatic heterocycles. The summed E-state index contributed by atoms with van der Waals surface area (Å²) in [6, 6.07) is 20.7. The van der Waals surface area contributed by atoms with E-state index in [2.05, 4.69) is 4.98 Å². The average molecular weight is 365 g/mol. The molecule has 0 radical (unpaired) electrons. The van der Waals surface area contributed by atoms with Gasteiger partial charge in [0.25, 0.3) is 5.91 Å². The molecule has 0 bridgehead atoms. The van der Waals surface area contributed by atoms with Crippen LogP contribution in [0.4, 0.5) is 5.69 Å². The number of rotatable bonds is 7. The number of anilines is 1. The molecule has 138 valence electrons. The molecule has 1 heterocycles. The molecule has 7 nitrogen and oxygen atoms in total. The molecule has 0 unspecified atom stereocenters. The SMILES string of the molecule is Nc1ccc(Oc2cccc(C(=O)N(O)CCOc3ccccc3)n2)cc1. The molecule has 3 N–H and O–H groups in total. The fourth-order valence-electron chi connectivity index (χ4n) is 2.25. The van der Waals surface area contributed by atoms with Crippen LogP contribution in [0.15, 0.2) is 72.8 Å². The van der Waals surface area contributed by atoms with Gasteiger partial charge in [-0.25, -0.2) is 10.0 Å². The number of carbonyl (C=O) groups is 1. The first-order valence-corrected chi connectivity index (χ1v) is 8.31. The fraction of sp³-hybridized carbons (Fsp3) is 0.100. The van der Waals surface area contributed by atoms with Gasteiger partial charge in [-0.1, -0.05) is 24.3 Å². The number of benzene rings is 2. The number of hydrogen-bond donors (Lipinski definition) is 2. The van der Waals surface area contributed by atoms with Gasteiger partial charge in [0.1, 0.15) is 23.8 Å². The van der Waals surface area contributed by atoms with E-state index in [1.165, 1.54) is 6.07 Å². The van der Waals surface area contributed by atoms with Crippen molar-refractivity contribution in [1.29, 1.82) is 0 Å². The number of carbonyl (C=O) groups excluding carboxylic acids is 1. The monoisotopic (exact) mass is 365 g/mol. The van der Waals surface area contributed by atoms with Gasteiger partial charge in [-0.15, -0.1) is 0 Å². The number of nitrogens with two attached hydrogens (primary N) is 1. The molecule has 0 aliphatic carbocycles. The van der Waals surface area contributed by atoms with Crippen molar-refractivity contribution in [2.75, 3.05) is 18.9 Å². The third-order valence-corrected chi connectivity index (χ3v) is 3.59. The quantitative estimate of drug-likeness (QED) is 0.378. The minimum atomic E-state index is -0.644. The van der Waals surface area contributed by atoms with Crippen LogP contribution in [0.3, 0.4) is 0 Å². The smallest absolute Gasteiger partial charge is 0.296 e. The highest BCUT2D eigenvalue weighted by Gasteiger charge is 2.16. The summed E-state index contributed by atoms with van der Waals surface area (Å²) in [5.74, 6) is 0.794. The predicted molar refractivity (Wildman–Crippen MR) is 99.9 cm³/mol. The molecule has 0 aliphatic rings. The number of hydroxylamine groups is 2. The van der Waals surface area contributed by atoms with Crippen LogP contribution in [0.1, 0.15) is 10.5 Å². The maximum atomic E-state index is 12.3. The first-order chi connectivity index (χ1) is 13.1. The van der Waals surface area contributed by atoms with Crippen LogP contribution in [-0.4, -0.2) is 34.3 Å². The van der Waals surface area contributed by atoms with E-state index in [0.717, 1.165) is 0 Å². The van der Waals surface area contributed by atoms with Crippen LogP contribution in [0.5, 0.6) is 17.4 Å². The first-order valence-electron chi connectivity index (χ1n) is 8.31. The van der Waals surface area contributed by atoms with Gasteiger partial charge in [-0.2, -0.15) is 0 Å². The van der Waals surface area contributed by atoms with Gasteiger partial charge in [-0.3, -0.25) is 10.0 Å². The number of nitrogens with zero attached hydrogens (tertiary/aromatic N) is 2. The van der Waals surface area contributed by atoms with Crippen molar-refractivity contribution in [1.82, 2.24) is 10.0 Å². The Morgan fingerprint density at radius 2 is 1.70 bits per heavy atom. The maximum Gasteiger partial charge on any atom is 0.296 e. The highest BCUT2D eigenvalue weighted by Crippen LogP contribution is 2.21. The molecule has 0 spiro atoms. The molecule has 0 aliphatic heterocycles. The third-order valence-electron chi connectivity index (χ3n) is 3.59. The Balaban J connectivity index is 1.58. The van der Waals surface area contributed by atoms with Crippen molar-refractivity contribution in [3.8, 4) is 17.4 Å². The Morgan fingerprint density at radius 3 is 2.44 bits per heavy atom. The topological polar surface area (TPSA) is 97.9 Å². The van der Waals surface area contributed by atoms with E-state index in [1.807, 2.05) is 18.2 Å². The Morgan fingerprint density at radius 1 is 0.963 bits per heavy atom. The van der Waals surface area contributed by atoms with Crippen molar-refractivity contribution in [2.24, 2.45) is 0 Å². The minimum absolute atomic E-state index is 0.00153. The number of hydrogen-bond acceptors (Lipinski definition) is 6. The molecule has 0 fully saturated rings. The molecular weight excluding hydrogens is 346 g/mol. The van der Waals surface area contributed by atoms with E-state index >= 15 is 0 Å². The van der Waals surface area contributed by atoms with Crippen molar-refractivity contribution in [3.63, 3.8) is 0 Å². The summed E-state index contributed by atoms with van der Waals surface area (Å²) in [5, 5.41) is 10.5. The summed E-state index contributed by atoms with van der Waals surface area (Å²) >= 11 is 0. The molecule has 0 saturated heterocycles. The normalized spacial score (nSPS) is 10.3. The second-order valence-electron chi connectivity index (χ2n) is 5.62. The highest BCUT2D eigenvalue weighted by molar-refractivity contribution is 5.91. The summed E-state index contributed by atoms with van der Waals surface area (Å²) in [5.41, 5.74) is 6.31. The molecule has 3 rings (SSSR count). The van der Waals surface area contributed by atoms with Crippen LogP contribution < -0.4 is 15.2 Å². The van der Waals surface area contributed by atoms with Gasteiger partial charge in [0.2, 0.25) is 5.88 Å². The first kappa shape index (κ1) is 18.2. The van der Waals surface area contributed by atoms with Crippen LogP contribution in [0.2, 0.25) is 0 Å². The Hall–Kier alpha value is -3.58. The highest BCUT2D eigenvalue weighted by atomic mass is 16.5. The van der Waals surface area contributed by atoms with Gasteiger partial charge in [0, 0.05) is 11.8 Å². The van der Waals surface area contributed by atoms with Gasteiger partial charge < -0.3 is 15.2 Å². The van der Waals surface area contributed by atoms with Gasteiger partial charge in [0.15, 0.2) is 0 Å². The van der Waals surface area contributed by atoms with Gasteiger partial charge in [0.05, 0.1) is 6.54 Å². The predicted octanol–water partition coefficient (Wildman–Crippen LogP) is 3.37. The van der Waals surface area contributed by atoms with E-state index < -0.39 is 5.91 Å². The molecule has 2 aromatic carbocycles. The van der Waals surface area contributed by atoms with Crippen LogP contribution in [0, 0.1) is 0 Å². The number of pyridine rings is 1. The van der Waals surface area contributed by atoms with E-state index in [0.29, 0.717) is 22.2 Å². The molecule has 27 heavy (non-hydrogen) atoms. The maximum absolute atomic E-state index is 12.3. The Labute approximate surface area is 156 Å². The summed E-state index contributed by atoms with van der Waals surface area (Å²) in [7, 11) is 0. The lowest BCUT2D eigenvalue weighted by Crippen LogP contribution is -2.32. The third kappa shape index (κ3) is 5.20. The van der Waals surface area contributed by atoms with Crippen molar-refractivity contribution < 1.29 is 19.5 Å². The van der Waals surface area contributed by atoms with E-state index in [1.54, 1.807) is 48.5 Å². The average Bonchev–Trinajstić information content (AvgIpc) is 2.70. The van der Waals surface area contributed by atoms with Crippen LogP contribution >= 0.6 is 0 Å². The second-order valence-corrected chi connectivity index (χ2v) is 5.62. The number of aromatic nitrogens is 1. The molecule has 0 saturated carbocycles. The second kappa shape index (κ2) is 8.68. The number of amides is 1. The van der Waals surface area contributed by atoms with Crippen LogP contribution in [0.25, 0.3) is 0 Å². The number of para-hydroxylation sites is 1. The summed E-state index contributed by atoms with van der Waals surface area (Å²) in [6.07, 6.45) is 0. The van der Waals surface area contributed by atoms with Crippen molar-refractivity contribution in [3.05, 3.63) is 78.5 Å². The fourth-order valence-corrected chi connectivity index (χ4v) is 2.25. The van der Waals surface area contributed by atoms with Crippen LogP contribution in [-0.2, 0) is 0 Å². The Kier molecular flexibility index (Phi) is 5.86. The standard InChI is InChI=1S/C20H19N3O4/c21-15-9-11-17(12-10-15)27-19-8-4-7-18(22-19)20(24)23(25)13-14-26-16-5-2-1-3-6-16/h1-12,25H,13-14,21H2. The largest absolute Gasteiger partial charge is 0.492 e. The molecule has 1 amide bonds. The van der Waals surface area contributed by atoms with Crippen molar-refractivity contribution in [2.45, 2.75) is 0 Å². The lowest BCUT2D eigenvalue weighted by molar-refractivity contribution is -0.0640. The van der Waals surface area contributed by atoms with Gasteiger partial charge in [-0.05, 0) is 42.5 Å². The molecular formula is C20H19N3O4. The number of nitrogen functional groups attached to an aromatic ring is 1. The van der Waals surface area contributed by atoms with Gasteiger partial charge >= 0.3 is 0 Å². The lowest BCUT2D eigenvalue weighted by Gasteiger charge is -2.15. The zero-order chi connectivity index (χ0) is 19.1. The molecule has 3 aromatic rings. The lowest BCUT2D eigenvalue weighted by atomic mass is 10.3. The zero-order valence-corrected chi connectivity index (χ0v) is 14.5. The summed E-state index contributed by atoms with van der Waals surface area (Å²) < 4.78 is 11.1. The molecule has 0 atom stereocenters. The van der Waals surface area contributed by atoms with E-state index in [4.69, 9.17) is 15.2 Å². The van der Waals surface area contributed by atoms with E-state index in [-0.39, 0.29) is 24.7 Å². The molecule has 7 heteroatoms. The van der Waals surface area contributed by atoms with Crippen molar-refractivity contribution >= 4 is 11.6 Å².